The Bertz CT molecular complexity index is 175. The monoisotopic (exact) mass is 188 g/mol. The van der Waals surface area contributed by atoms with Crippen molar-refractivity contribution in [3.63, 3.8) is 0 Å². The lowest BCUT2D eigenvalue weighted by atomic mass is 10.3. The molecule has 0 bridgehead atoms. The smallest absolute Gasteiger partial charge is 0.164 e. The molecule has 1 N–H and O–H groups in total. The van der Waals surface area contributed by atoms with Crippen LogP contribution in [0, 0.1) is 0 Å². The van der Waals surface area contributed by atoms with Gasteiger partial charge in [0.05, 0.1) is 0 Å². The van der Waals surface area contributed by atoms with Gasteiger partial charge in [-0.3, -0.25) is 4.72 Å². The predicted molar refractivity (Wildman–Crippen MR) is 50.9 cm³/mol. The summed E-state index contributed by atoms with van der Waals surface area (Å²) < 4.78 is 4.35. The molecule has 0 atom stereocenters. The van der Waals surface area contributed by atoms with Gasteiger partial charge in [0.1, 0.15) is 0 Å². The molecule has 0 aliphatic rings. The number of hydrogen-bond acceptors (Lipinski definition) is 4. The van der Waals surface area contributed by atoms with Crippen molar-refractivity contribution in [2.45, 2.75) is 24.1 Å². The largest absolute Gasteiger partial charge is 0.258 e. The fourth-order valence-electron chi connectivity index (χ4n) is 0.622. The van der Waals surface area contributed by atoms with Gasteiger partial charge in [-0.1, -0.05) is 13.3 Å². The maximum absolute atomic E-state index is 4.13. The van der Waals surface area contributed by atoms with Gasteiger partial charge in [0.25, 0.3) is 0 Å². The molecule has 0 saturated heterocycles. The van der Waals surface area contributed by atoms with Crippen molar-refractivity contribution < 1.29 is 0 Å². The van der Waals surface area contributed by atoms with Crippen molar-refractivity contribution in [2.75, 3.05) is 6.54 Å². The van der Waals surface area contributed by atoms with Crippen LogP contribution in [0.3, 0.4) is 0 Å². The van der Waals surface area contributed by atoms with Crippen molar-refractivity contribution in [1.29, 1.82) is 0 Å². The van der Waals surface area contributed by atoms with E-state index in [0.29, 0.717) is 0 Å². The van der Waals surface area contributed by atoms with Gasteiger partial charge in [0.2, 0.25) is 0 Å². The molecule has 62 valence electrons. The Balaban J connectivity index is 2.04. The van der Waals surface area contributed by atoms with Crippen molar-refractivity contribution in [1.82, 2.24) is 9.71 Å². The van der Waals surface area contributed by atoms with E-state index in [2.05, 4.69) is 16.6 Å². The van der Waals surface area contributed by atoms with Crippen LogP contribution in [-0.4, -0.2) is 11.5 Å². The second kappa shape index (κ2) is 5.57. The minimum atomic E-state index is 1.07. The second-order valence-electron chi connectivity index (χ2n) is 2.15. The van der Waals surface area contributed by atoms with Crippen LogP contribution in [0.25, 0.3) is 0 Å². The second-order valence-corrected chi connectivity index (χ2v) is 4.18. The van der Waals surface area contributed by atoms with Crippen LogP contribution >= 0.6 is 23.3 Å². The number of nitrogens with one attached hydrogen (secondary N) is 1. The van der Waals surface area contributed by atoms with E-state index in [0.717, 1.165) is 10.9 Å². The first kappa shape index (κ1) is 9.03. The molecule has 2 nitrogen and oxygen atoms in total. The van der Waals surface area contributed by atoms with Crippen LogP contribution in [0.15, 0.2) is 15.9 Å². The van der Waals surface area contributed by atoms with Crippen LogP contribution in [0.1, 0.15) is 19.8 Å². The highest BCUT2D eigenvalue weighted by Crippen LogP contribution is 2.16. The summed E-state index contributed by atoms with van der Waals surface area (Å²) in [5.74, 6) is 0. The van der Waals surface area contributed by atoms with Gasteiger partial charge < -0.3 is 0 Å². The Morgan fingerprint density at radius 2 is 2.64 bits per heavy atom. The summed E-state index contributed by atoms with van der Waals surface area (Å²) in [5, 5.41) is 1.99. The Labute approximate surface area is 75.6 Å². The number of thiazole rings is 1. The summed E-state index contributed by atoms with van der Waals surface area (Å²) in [6, 6.07) is 0. The standard InChI is InChI=1S/C7H12N2S2/c1-2-3-4-9-11-7-8-5-6-10-7/h5-6,9H,2-4H2,1H3. The number of rotatable bonds is 5. The third-order valence-corrected chi connectivity index (χ3v) is 2.93. The molecule has 1 aromatic heterocycles. The molecule has 0 aromatic carbocycles. The first-order chi connectivity index (χ1) is 5.43. The van der Waals surface area contributed by atoms with E-state index in [4.69, 9.17) is 0 Å². The van der Waals surface area contributed by atoms with E-state index in [1.54, 1.807) is 23.3 Å². The normalized spacial score (nSPS) is 10.3. The third kappa shape index (κ3) is 3.74. The number of unbranched alkanes of at least 4 members (excludes halogenated alkanes) is 1. The molecule has 1 heterocycles. The van der Waals surface area contributed by atoms with Crippen LogP contribution in [0.4, 0.5) is 0 Å². The van der Waals surface area contributed by atoms with Gasteiger partial charge in [0.15, 0.2) is 4.34 Å². The van der Waals surface area contributed by atoms with E-state index >= 15 is 0 Å². The topological polar surface area (TPSA) is 24.9 Å². The lowest BCUT2D eigenvalue weighted by molar-refractivity contribution is 0.776. The van der Waals surface area contributed by atoms with Gasteiger partial charge >= 0.3 is 0 Å². The molecule has 4 heteroatoms. The number of nitrogens with zero attached hydrogens (tertiary/aromatic N) is 1. The molecule has 1 aromatic rings. The molecule has 0 amide bonds. The summed E-state index contributed by atoms with van der Waals surface area (Å²) in [6.07, 6.45) is 4.30. The molecular weight excluding hydrogens is 176 g/mol. The van der Waals surface area contributed by atoms with Crippen LogP contribution in [-0.2, 0) is 0 Å². The molecular formula is C7H12N2S2. The van der Waals surface area contributed by atoms with Crippen molar-refractivity contribution in [3.05, 3.63) is 11.6 Å². The van der Waals surface area contributed by atoms with Gasteiger partial charge in [-0.05, 0) is 18.4 Å². The first-order valence-electron chi connectivity index (χ1n) is 3.72. The fraction of sp³-hybridized carbons (Fsp3) is 0.571. The molecule has 0 radical (unpaired) electrons. The van der Waals surface area contributed by atoms with Crippen LogP contribution < -0.4 is 4.72 Å². The summed E-state index contributed by atoms with van der Waals surface area (Å²) in [7, 11) is 0. The van der Waals surface area contributed by atoms with Gasteiger partial charge in [-0.25, -0.2) is 4.98 Å². The van der Waals surface area contributed by atoms with E-state index in [1.165, 1.54) is 12.8 Å². The summed E-state index contributed by atoms with van der Waals surface area (Å²) in [6.45, 7) is 3.26. The Hall–Kier alpha value is -0.0600. The van der Waals surface area contributed by atoms with Crippen LogP contribution in [0.5, 0.6) is 0 Å². The number of hydrogen-bond donors (Lipinski definition) is 1. The average molecular weight is 188 g/mol. The Morgan fingerprint density at radius 3 is 3.27 bits per heavy atom. The lowest BCUT2D eigenvalue weighted by Crippen LogP contribution is -2.03. The Morgan fingerprint density at radius 1 is 1.73 bits per heavy atom. The zero-order valence-electron chi connectivity index (χ0n) is 6.54. The zero-order valence-corrected chi connectivity index (χ0v) is 8.17. The highest BCUT2D eigenvalue weighted by atomic mass is 32.2. The summed E-state index contributed by atoms with van der Waals surface area (Å²) in [4.78, 5) is 4.13. The first-order valence-corrected chi connectivity index (χ1v) is 5.42. The molecule has 0 saturated carbocycles. The molecule has 0 unspecified atom stereocenters. The SMILES string of the molecule is CCCCNSc1nccs1. The zero-order chi connectivity index (χ0) is 7.94. The molecule has 0 aliphatic heterocycles. The van der Waals surface area contributed by atoms with Gasteiger partial charge in [-0.2, -0.15) is 0 Å². The minimum absolute atomic E-state index is 1.07. The van der Waals surface area contributed by atoms with E-state index < -0.39 is 0 Å². The molecule has 11 heavy (non-hydrogen) atoms. The van der Waals surface area contributed by atoms with Crippen molar-refractivity contribution >= 4 is 23.3 Å². The highest BCUT2D eigenvalue weighted by Gasteiger charge is 1.93. The van der Waals surface area contributed by atoms with E-state index in [1.807, 2.05) is 11.6 Å². The maximum atomic E-state index is 4.13. The molecule has 0 spiro atoms. The van der Waals surface area contributed by atoms with Crippen molar-refractivity contribution in [3.8, 4) is 0 Å². The van der Waals surface area contributed by atoms with Gasteiger partial charge in [-0.15, -0.1) is 11.3 Å². The Kier molecular flexibility index (Phi) is 4.58. The maximum Gasteiger partial charge on any atom is 0.164 e. The minimum Gasteiger partial charge on any atom is -0.258 e. The molecule has 0 aliphatic carbocycles. The van der Waals surface area contributed by atoms with Crippen molar-refractivity contribution in [2.24, 2.45) is 0 Å². The fourth-order valence-corrected chi connectivity index (χ4v) is 2.00. The lowest BCUT2D eigenvalue weighted by Gasteiger charge is -1.97. The average Bonchev–Trinajstić information content (AvgIpc) is 2.50. The van der Waals surface area contributed by atoms with E-state index in [9.17, 15) is 0 Å². The van der Waals surface area contributed by atoms with Crippen LogP contribution in [0.2, 0.25) is 0 Å². The summed E-state index contributed by atoms with van der Waals surface area (Å²) in [5.41, 5.74) is 0. The quantitative estimate of drug-likeness (QED) is 0.568. The number of aromatic nitrogens is 1. The third-order valence-electron chi connectivity index (χ3n) is 1.20. The molecule has 1 rings (SSSR count). The highest BCUT2D eigenvalue weighted by molar-refractivity contribution is 7.99. The van der Waals surface area contributed by atoms with E-state index in [-0.39, 0.29) is 0 Å². The van der Waals surface area contributed by atoms with Gasteiger partial charge in [0, 0.05) is 18.1 Å². The summed E-state index contributed by atoms with van der Waals surface area (Å²) >= 11 is 3.29. The molecule has 0 fully saturated rings. The predicted octanol–water partition coefficient (Wildman–Crippen LogP) is 2.54.